The zero-order chi connectivity index (χ0) is 17.4. The predicted molar refractivity (Wildman–Crippen MR) is 96.9 cm³/mol. The number of carbonyl (C=O) groups is 1. The first-order valence-corrected chi connectivity index (χ1v) is 9.14. The molecule has 1 saturated heterocycles. The number of pyridine rings is 1. The van der Waals surface area contributed by atoms with Crippen LogP contribution in [0.1, 0.15) is 54.4 Å². The molecule has 1 aliphatic heterocycles. The first-order valence-electron chi connectivity index (χ1n) is 9.14. The lowest BCUT2D eigenvalue weighted by atomic mass is 9.82. The average Bonchev–Trinajstić information content (AvgIpc) is 2.98. The molecule has 5 nitrogen and oxygen atoms in total. The Morgan fingerprint density at radius 1 is 1.28 bits per heavy atom. The molecule has 2 N–H and O–H groups in total. The Balaban J connectivity index is 1.53. The van der Waals surface area contributed by atoms with E-state index in [0.717, 1.165) is 30.3 Å². The van der Waals surface area contributed by atoms with E-state index in [0.29, 0.717) is 12.0 Å². The molecule has 1 spiro atoms. The smallest absolute Gasteiger partial charge is 0.257 e. The van der Waals surface area contributed by atoms with Crippen molar-refractivity contribution in [1.29, 1.82) is 0 Å². The number of hydrogen-bond acceptors (Lipinski definition) is 3. The van der Waals surface area contributed by atoms with Crippen LogP contribution in [-0.4, -0.2) is 29.1 Å². The number of carbonyl (C=O) groups excluding carboxylic acids is 1. The number of nitrogens with one attached hydrogen (secondary N) is 2. The summed E-state index contributed by atoms with van der Waals surface area (Å²) in [6, 6.07) is 5.52. The van der Waals surface area contributed by atoms with Crippen molar-refractivity contribution in [1.82, 2.24) is 10.3 Å². The standard InChI is InChI=1S/C20H24N2O3/c1-13-6-5-7-15-17(13)21-11-16(18(15)23)19(24)22-14-10-20(25-12-14)8-3-2-4-9-20/h5-7,11,14H,2-4,8-10,12H2,1H3,(H,21,23)(H,22,24). The van der Waals surface area contributed by atoms with Crippen LogP contribution in [0.4, 0.5) is 0 Å². The quantitative estimate of drug-likeness (QED) is 0.883. The molecule has 2 aromatic rings. The number of aromatic nitrogens is 1. The molecule has 132 valence electrons. The van der Waals surface area contributed by atoms with Gasteiger partial charge in [0.2, 0.25) is 5.43 Å². The van der Waals surface area contributed by atoms with Gasteiger partial charge in [-0.1, -0.05) is 31.4 Å². The van der Waals surface area contributed by atoms with E-state index >= 15 is 0 Å². The Morgan fingerprint density at radius 3 is 2.88 bits per heavy atom. The largest absolute Gasteiger partial charge is 0.373 e. The van der Waals surface area contributed by atoms with Crippen LogP contribution in [-0.2, 0) is 4.74 Å². The monoisotopic (exact) mass is 340 g/mol. The molecule has 1 atom stereocenters. The van der Waals surface area contributed by atoms with Gasteiger partial charge in [-0.3, -0.25) is 9.59 Å². The van der Waals surface area contributed by atoms with Crippen molar-refractivity contribution in [2.45, 2.75) is 57.1 Å². The molecule has 25 heavy (non-hydrogen) atoms. The van der Waals surface area contributed by atoms with Gasteiger partial charge in [0.15, 0.2) is 0 Å². The molecule has 0 bridgehead atoms. The van der Waals surface area contributed by atoms with Crippen molar-refractivity contribution in [3.05, 3.63) is 45.7 Å². The molecule has 1 aromatic heterocycles. The topological polar surface area (TPSA) is 71.2 Å². The number of H-pyrrole nitrogens is 1. The molecule has 1 unspecified atom stereocenters. The third-order valence-corrected chi connectivity index (χ3v) is 5.68. The highest BCUT2D eigenvalue weighted by Gasteiger charge is 2.41. The predicted octanol–water partition coefficient (Wildman–Crippen LogP) is 3.06. The number of fused-ring (bicyclic) bond motifs is 1. The molecule has 1 amide bonds. The molecule has 1 aliphatic carbocycles. The molecular formula is C20H24N2O3. The summed E-state index contributed by atoms with van der Waals surface area (Å²) in [6.07, 6.45) is 8.20. The lowest BCUT2D eigenvalue weighted by Gasteiger charge is -2.32. The Hall–Kier alpha value is -2.14. The highest BCUT2D eigenvalue weighted by atomic mass is 16.5. The molecule has 1 saturated carbocycles. The zero-order valence-corrected chi connectivity index (χ0v) is 14.6. The van der Waals surface area contributed by atoms with Crippen LogP contribution in [0.5, 0.6) is 0 Å². The van der Waals surface area contributed by atoms with Crippen molar-refractivity contribution in [2.75, 3.05) is 6.61 Å². The van der Waals surface area contributed by atoms with Gasteiger partial charge in [0.25, 0.3) is 5.91 Å². The number of aryl methyl sites for hydroxylation is 1. The van der Waals surface area contributed by atoms with Gasteiger partial charge in [-0.2, -0.15) is 0 Å². The number of benzene rings is 1. The average molecular weight is 340 g/mol. The third kappa shape index (κ3) is 2.97. The maximum Gasteiger partial charge on any atom is 0.257 e. The number of hydrogen-bond donors (Lipinski definition) is 2. The fourth-order valence-electron chi connectivity index (χ4n) is 4.32. The van der Waals surface area contributed by atoms with Crippen molar-refractivity contribution >= 4 is 16.8 Å². The molecular weight excluding hydrogens is 316 g/mol. The fourth-order valence-corrected chi connectivity index (χ4v) is 4.32. The summed E-state index contributed by atoms with van der Waals surface area (Å²) in [7, 11) is 0. The molecule has 2 aliphatic rings. The minimum atomic E-state index is -0.314. The van der Waals surface area contributed by atoms with Gasteiger partial charge in [-0.25, -0.2) is 0 Å². The molecule has 0 radical (unpaired) electrons. The molecule has 1 aromatic carbocycles. The van der Waals surface area contributed by atoms with Crippen molar-refractivity contribution < 1.29 is 9.53 Å². The van der Waals surface area contributed by atoms with Gasteiger partial charge in [0, 0.05) is 11.6 Å². The van der Waals surface area contributed by atoms with Crippen LogP contribution in [0.2, 0.25) is 0 Å². The van der Waals surface area contributed by atoms with Crippen LogP contribution in [0.3, 0.4) is 0 Å². The third-order valence-electron chi connectivity index (χ3n) is 5.68. The summed E-state index contributed by atoms with van der Waals surface area (Å²) in [5.74, 6) is -0.314. The summed E-state index contributed by atoms with van der Waals surface area (Å²) in [5.41, 5.74) is 1.67. The molecule has 2 fully saturated rings. The number of aromatic amines is 1. The van der Waals surface area contributed by atoms with Crippen LogP contribution in [0, 0.1) is 6.92 Å². The Morgan fingerprint density at radius 2 is 2.08 bits per heavy atom. The first kappa shape index (κ1) is 16.3. The van der Waals surface area contributed by atoms with E-state index in [2.05, 4.69) is 10.3 Å². The number of rotatable bonds is 2. The summed E-state index contributed by atoms with van der Waals surface area (Å²) < 4.78 is 6.05. The molecule has 2 heterocycles. The van der Waals surface area contributed by atoms with Crippen LogP contribution in [0.25, 0.3) is 10.9 Å². The Bertz CT molecular complexity index is 865. The van der Waals surface area contributed by atoms with E-state index in [-0.39, 0.29) is 28.5 Å². The number of para-hydroxylation sites is 1. The van der Waals surface area contributed by atoms with Crippen molar-refractivity contribution in [3.8, 4) is 0 Å². The maximum atomic E-state index is 12.7. The summed E-state index contributed by atoms with van der Waals surface area (Å²) in [4.78, 5) is 28.4. The Labute approximate surface area is 146 Å². The minimum absolute atomic E-state index is 0.0155. The molecule has 5 heteroatoms. The zero-order valence-electron chi connectivity index (χ0n) is 14.6. The lowest BCUT2D eigenvalue weighted by Crippen LogP contribution is -2.39. The van der Waals surface area contributed by atoms with Gasteiger partial charge < -0.3 is 15.0 Å². The maximum absolute atomic E-state index is 12.7. The van der Waals surface area contributed by atoms with E-state index in [9.17, 15) is 9.59 Å². The summed E-state index contributed by atoms with van der Waals surface area (Å²) >= 11 is 0. The van der Waals surface area contributed by atoms with Gasteiger partial charge in [0.05, 0.1) is 23.8 Å². The number of ether oxygens (including phenoxy) is 1. The highest BCUT2D eigenvalue weighted by molar-refractivity contribution is 5.97. The first-order chi connectivity index (χ1) is 12.1. The van der Waals surface area contributed by atoms with E-state index < -0.39 is 0 Å². The Kier molecular flexibility index (Phi) is 4.12. The van der Waals surface area contributed by atoms with Crippen molar-refractivity contribution in [2.24, 2.45) is 0 Å². The summed E-state index contributed by atoms with van der Waals surface area (Å²) in [5, 5.41) is 3.56. The van der Waals surface area contributed by atoms with Crippen LogP contribution in [0.15, 0.2) is 29.2 Å². The lowest BCUT2D eigenvalue weighted by molar-refractivity contribution is -0.0246. The van der Waals surface area contributed by atoms with Gasteiger partial charge in [-0.05, 0) is 37.8 Å². The fraction of sp³-hybridized carbons (Fsp3) is 0.500. The van der Waals surface area contributed by atoms with Gasteiger partial charge in [0.1, 0.15) is 5.56 Å². The summed E-state index contributed by atoms with van der Waals surface area (Å²) in [6.45, 7) is 2.48. The second-order valence-corrected chi connectivity index (χ2v) is 7.46. The van der Waals surface area contributed by atoms with Crippen LogP contribution >= 0.6 is 0 Å². The minimum Gasteiger partial charge on any atom is -0.373 e. The second kappa shape index (κ2) is 6.30. The van der Waals surface area contributed by atoms with E-state index in [1.54, 1.807) is 6.07 Å². The SMILES string of the molecule is Cc1cccc2c(=O)c(C(=O)NC3COC4(CCCCC4)C3)c[nH]c12. The van der Waals surface area contributed by atoms with Crippen molar-refractivity contribution in [3.63, 3.8) is 0 Å². The van der Waals surface area contributed by atoms with E-state index in [1.807, 2.05) is 19.1 Å². The van der Waals surface area contributed by atoms with E-state index in [1.165, 1.54) is 25.5 Å². The van der Waals surface area contributed by atoms with Gasteiger partial charge >= 0.3 is 0 Å². The highest BCUT2D eigenvalue weighted by Crippen LogP contribution is 2.39. The second-order valence-electron chi connectivity index (χ2n) is 7.46. The molecule has 4 rings (SSSR count). The number of amides is 1. The van der Waals surface area contributed by atoms with E-state index in [4.69, 9.17) is 4.74 Å². The normalized spacial score (nSPS) is 22.4. The van der Waals surface area contributed by atoms with Crippen LogP contribution < -0.4 is 10.7 Å². The van der Waals surface area contributed by atoms with Gasteiger partial charge in [-0.15, -0.1) is 0 Å².